The van der Waals surface area contributed by atoms with Crippen molar-refractivity contribution >= 4 is 26.7 Å². The van der Waals surface area contributed by atoms with E-state index in [2.05, 4.69) is 9.97 Å². The van der Waals surface area contributed by atoms with Crippen LogP contribution in [0.4, 0.5) is 18.9 Å². The first-order chi connectivity index (χ1) is 14.2. The van der Waals surface area contributed by atoms with E-state index in [1.165, 1.54) is 12.1 Å². The molecule has 0 atom stereocenters. The fraction of sp³-hybridized carbons (Fsp3) is 0.100. The van der Waals surface area contributed by atoms with Gasteiger partial charge in [0, 0.05) is 17.3 Å². The number of benzene rings is 2. The molecule has 0 spiro atoms. The summed E-state index contributed by atoms with van der Waals surface area (Å²) in [6.45, 7) is 1.83. The molecule has 2 aromatic heterocycles. The van der Waals surface area contributed by atoms with Gasteiger partial charge in [-0.05, 0) is 25.1 Å². The van der Waals surface area contributed by atoms with Gasteiger partial charge >= 0.3 is 15.5 Å². The number of sulfonamides is 1. The summed E-state index contributed by atoms with van der Waals surface area (Å²) in [6.07, 6.45) is 3.24. The second-order valence-corrected chi connectivity index (χ2v) is 8.17. The first-order valence-corrected chi connectivity index (χ1v) is 10.2. The number of nitrogens with one attached hydrogen (secondary N) is 1. The van der Waals surface area contributed by atoms with Crippen LogP contribution in [0.1, 0.15) is 5.69 Å². The summed E-state index contributed by atoms with van der Waals surface area (Å²) in [7, 11) is -5.57. The molecule has 0 unspecified atom stereocenters. The van der Waals surface area contributed by atoms with Gasteiger partial charge in [0.05, 0.1) is 22.6 Å². The minimum absolute atomic E-state index is 0.176. The van der Waals surface area contributed by atoms with Crippen LogP contribution in [0.15, 0.2) is 67.1 Å². The summed E-state index contributed by atoms with van der Waals surface area (Å²) in [4.78, 5) is 8.60. The highest BCUT2D eigenvalue weighted by Crippen LogP contribution is 2.36. The first-order valence-electron chi connectivity index (χ1n) is 8.75. The van der Waals surface area contributed by atoms with Crippen LogP contribution >= 0.6 is 0 Å². The number of rotatable bonds is 4. The number of nitrogens with zero attached hydrogens (tertiary/aromatic N) is 3. The van der Waals surface area contributed by atoms with Crippen molar-refractivity contribution in [2.24, 2.45) is 0 Å². The van der Waals surface area contributed by atoms with E-state index < -0.39 is 15.5 Å². The van der Waals surface area contributed by atoms with Gasteiger partial charge in [-0.15, -0.1) is 0 Å². The fourth-order valence-electron chi connectivity index (χ4n) is 3.19. The molecule has 30 heavy (non-hydrogen) atoms. The van der Waals surface area contributed by atoms with Gasteiger partial charge in [-0.25, -0.2) is 4.98 Å². The van der Waals surface area contributed by atoms with E-state index in [0.29, 0.717) is 22.3 Å². The van der Waals surface area contributed by atoms with Crippen molar-refractivity contribution in [1.29, 1.82) is 0 Å². The van der Waals surface area contributed by atoms with Gasteiger partial charge in [0.15, 0.2) is 0 Å². The summed E-state index contributed by atoms with van der Waals surface area (Å²) in [5.74, 6) is 0. The van der Waals surface area contributed by atoms with E-state index in [1.54, 1.807) is 64.3 Å². The maximum Gasteiger partial charge on any atom is 0.516 e. The minimum Gasteiger partial charge on any atom is -0.298 e. The maximum absolute atomic E-state index is 12.9. The number of halogens is 3. The Morgan fingerprint density at radius 1 is 0.933 bits per heavy atom. The molecule has 154 valence electrons. The van der Waals surface area contributed by atoms with E-state index >= 15 is 0 Å². The molecule has 0 radical (unpaired) electrons. The standard InChI is InChI=1S/C20H15F3N4O2S/c1-13-19-18(10-11-24-13)27(12-25-19)17-9-5-3-7-15(17)14-6-2-4-8-16(14)26-30(28,29)20(21,22)23/h2-12,26H,1H3. The highest BCUT2D eigenvalue weighted by molar-refractivity contribution is 7.93. The Balaban J connectivity index is 1.90. The van der Waals surface area contributed by atoms with E-state index in [4.69, 9.17) is 0 Å². The molecule has 4 aromatic rings. The quantitative estimate of drug-likeness (QED) is 0.509. The summed E-state index contributed by atoms with van der Waals surface area (Å²) >= 11 is 0. The normalized spacial score (nSPS) is 12.3. The summed E-state index contributed by atoms with van der Waals surface area (Å²) in [5.41, 5.74) is -1.94. The number of hydrogen-bond acceptors (Lipinski definition) is 4. The van der Waals surface area contributed by atoms with Gasteiger partial charge in [0.2, 0.25) is 0 Å². The lowest BCUT2D eigenvalue weighted by Crippen LogP contribution is -2.30. The molecular formula is C20H15F3N4O2S. The van der Waals surface area contributed by atoms with Crippen LogP contribution in [0.25, 0.3) is 27.8 Å². The van der Waals surface area contributed by atoms with Crippen molar-refractivity contribution in [2.75, 3.05) is 4.72 Å². The average Bonchev–Trinajstić information content (AvgIpc) is 3.13. The van der Waals surface area contributed by atoms with Crippen molar-refractivity contribution in [3.8, 4) is 16.8 Å². The number of imidazole rings is 1. The monoisotopic (exact) mass is 432 g/mol. The third kappa shape index (κ3) is 3.39. The average molecular weight is 432 g/mol. The molecule has 1 N–H and O–H groups in total. The molecule has 4 rings (SSSR count). The highest BCUT2D eigenvalue weighted by atomic mass is 32.2. The summed E-state index contributed by atoms with van der Waals surface area (Å²) in [5, 5.41) is 0. The van der Waals surface area contributed by atoms with E-state index in [-0.39, 0.29) is 5.69 Å². The predicted octanol–water partition coefficient (Wildman–Crippen LogP) is 4.66. The van der Waals surface area contributed by atoms with E-state index in [9.17, 15) is 21.6 Å². The molecule has 0 aliphatic carbocycles. The fourth-order valence-corrected chi connectivity index (χ4v) is 3.77. The second kappa shape index (κ2) is 7.13. The van der Waals surface area contributed by atoms with E-state index in [0.717, 1.165) is 11.2 Å². The Labute approximate surface area is 170 Å². The van der Waals surface area contributed by atoms with E-state index in [1.807, 2.05) is 6.92 Å². The van der Waals surface area contributed by atoms with Crippen LogP contribution in [0.5, 0.6) is 0 Å². The molecule has 0 bridgehead atoms. The molecule has 0 saturated carbocycles. The Morgan fingerprint density at radius 2 is 1.60 bits per heavy atom. The number of aryl methyl sites for hydroxylation is 1. The zero-order valence-electron chi connectivity index (χ0n) is 15.6. The second-order valence-electron chi connectivity index (χ2n) is 6.49. The van der Waals surface area contributed by atoms with Crippen LogP contribution in [0.3, 0.4) is 0 Å². The van der Waals surface area contributed by atoms with Crippen molar-refractivity contribution in [2.45, 2.75) is 12.4 Å². The molecule has 2 aromatic carbocycles. The number of para-hydroxylation sites is 2. The topological polar surface area (TPSA) is 76.9 Å². The van der Waals surface area contributed by atoms with Crippen molar-refractivity contribution < 1.29 is 21.6 Å². The van der Waals surface area contributed by atoms with Gasteiger partial charge in [-0.2, -0.15) is 21.6 Å². The molecule has 2 heterocycles. The molecule has 0 aliphatic rings. The lowest BCUT2D eigenvalue weighted by Gasteiger charge is -2.17. The molecule has 0 saturated heterocycles. The lowest BCUT2D eigenvalue weighted by molar-refractivity contribution is -0.0429. The number of alkyl halides is 3. The van der Waals surface area contributed by atoms with Crippen LogP contribution in [0, 0.1) is 6.92 Å². The number of anilines is 1. The van der Waals surface area contributed by atoms with Crippen LogP contribution in [0.2, 0.25) is 0 Å². The van der Waals surface area contributed by atoms with Gasteiger partial charge in [-0.1, -0.05) is 36.4 Å². The van der Waals surface area contributed by atoms with Gasteiger partial charge in [0.25, 0.3) is 0 Å². The molecule has 0 amide bonds. The van der Waals surface area contributed by atoms with Gasteiger partial charge in [-0.3, -0.25) is 14.3 Å². The third-order valence-electron chi connectivity index (χ3n) is 4.58. The Kier molecular flexibility index (Phi) is 4.73. The van der Waals surface area contributed by atoms with Gasteiger partial charge in [0.1, 0.15) is 11.8 Å². The largest absolute Gasteiger partial charge is 0.516 e. The van der Waals surface area contributed by atoms with Crippen molar-refractivity contribution in [3.05, 3.63) is 72.8 Å². The van der Waals surface area contributed by atoms with Crippen molar-refractivity contribution in [3.63, 3.8) is 0 Å². The van der Waals surface area contributed by atoms with Crippen molar-refractivity contribution in [1.82, 2.24) is 14.5 Å². The predicted molar refractivity (Wildman–Crippen MR) is 108 cm³/mol. The highest BCUT2D eigenvalue weighted by Gasteiger charge is 2.46. The number of fused-ring (bicyclic) bond motifs is 1. The number of hydrogen-bond donors (Lipinski definition) is 1. The summed E-state index contributed by atoms with van der Waals surface area (Å²) in [6, 6.07) is 14.7. The molecule has 0 aliphatic heterocycles. The zero-order valence-corrected chi connectivity index (χ0v) is 16.4. The van der Waals surface area contributed by atoms with Crippen LogP contribution < -0.4 is 4.72 Å². The minimum atomic E-state index is -5.57. The number of pyridine rings is 1. The first kappa shape index (κ1) is 19.9. The maximum atomic E-state index is 12.9. The Morgan fingerprint density at radius 3 is 2.33 bits per heavy atom. The molecule has 10 heteroatoms. The zero-order chi connectivity index (χ0) is 21.5. The molecular weight excluding hydrogens is 417 g/mol. The van der Waals surface area contributed by atoms with Crippen LogP contribution in [-0.2, 0) is 10.0 Å². The molecule has 6 nitrogen and oxygen atoms in total. The SMILES string of the molecule is Cc1nccc2c1ncn2-c1ccccc1-c1ccccc1NS(=O)(=O)C(F)(F)F. The lowest BCUT2D eigenvalue weighted by atomic mass is 10.0. The number of aromatic nitrogens is 3. The third-order valence-corrected chi connectivity index (χ3v) is 5.68. The smallest absolute Gasteiger partial charge is 0.298 e. The summed E-state index contributed by atoms with van der Waals surface area (Å²) < 4.78 is 65.5. The molecule has 0 fully saturated rings. The Hall–Kier alpha value is -3.40. The van der Waals surface area contributed by atoms with Crippen LogP contribution in [-0.4, -0.2) is 28.5 Å². The van der Waals surface area contributed by atoms with Gasteiger partial charge < -0.3 is 0 Å². The Bertz CT molecular complexity index is 1350.